The maximum absolute atomic E-state index is 9.04. The standard InChI is InChI=1S/C10H15ClN2OS/c1-7-2-4-13(5-3-7)10-12-9(11)8(6-14)15-10/h7,14H,2-6H2,1H3. The molecule has 84 valence electrons. The average molecular weight is 247 g/mol. The molecule has 1 aromatic heterocycles. The van der Waals surface area contributed by atoms with Crippen LogP contribution in [0, 0.1) is 5.92 Å². The Balaban J connectivity index is 2.09. The molecular formula is C10H15ClN2OS. The van der Waals surface area contributed by atoms with Crippen LogP contribution < -0.4 is 4.90 Å². The van der Waals surface area contributed by atoms with E-state index in [2.05, 4.69) is 16.8 Å². The molecule has 2 heterocycles. The van der Waals surface area contributed by atoms with E-state index in [4.69, 9.17) is 16.7 Å². The summed E-state index contributed by atoms with van der Waals surface area (Å²) in [4.78, 5) is 7.31. The van der Waals surface area contributed by atoms with Crippen molar-refractivity contribution >= 4 is 28.1 Å². The molecular weight excluding hydrogens is 232 g/mol. The van der Waals surface area contributed by atoms with Crippen LogP contribution in [-0.2, 0) is 6.61 Å². The first-order valence-electron chi connectivity index (χ1n) is 5.21. The lowest BCUT2D eigenvalue weighted by atomic mass is 10.00. The quantitative estimate of drug-likeness (QED) is 0.871. The van der Waals surface area contributed by atoms with Crippen molar-refractivity contribution in [2.45, 2.75) is 26.4 Å². The van der Waals surface area contributed by atoms with Gasteiger partial charge in [0.1, 0.15) is 5.15 Å². The molecule has 0 saturated carbocycles. The summed E-state index contributed by atoms with van der Waals surface area (Å²) in [5, 5.41) is 10.4. The minimum Gasteiger partial charge on any atom is -0.391 e. The molecule has 0 atom stereocenters. The fourth-order valence-electron chi connectivity index (χ4n) is 1.75. The molecule has 1 aliphatic heterocycles. The van der Waals surface area contributed by atoms with Gasteiger partial charge in [-0.15, -0.1) is 0 Å². The summed E-state index contributed by atoms with van der Waals surface area (Å²) in [7, 11) is 0. The summed E-state index contributed by atoms with van der Waals surface area (Å²) in [6.45, 7) is 4.37. The van der Waals surface area contributed by atoms with E-state index in [1.54, 1.807) is 0 Å². The van der Waals surface area contributed by atoms with Crippen LogP contribution in [-0.4, -0.2) is 23.2 Å². The van der Waals surface area contributed by atoms with E-state index >= 15 is 0 Å². The molecule has 0 aromatic carbocycles. The second kappa shape index (κ2) is 4.68. The maximum Gasteiger partial charge on any atom is 0.187 e. The second-order valence-corrected chi connectivity index (χ2v) is 5.46. The molecule has 0 unspecified atom stereocenters. The predicted octanol–water partition coefficient (Wildman–Crippen LogP) is 2.53. The molecule has 0 amide bonds. The van der Waals surface area contributed by atoms with Crippen LogP contribution in [0.2, 0.25) is 5.15 Å². The summed E-state index contributed by atoms with van der Waals surface area (Å²) in [5.41, 5.74) is 0. The van der Waals surface area contributed by atoms with Crippen LogP contribution in [0.5, 0.6) is 0 Å². The predicted molar refractivity (Wildman–Crippen MR) is 63.7 cm³/mol. The van der Waals surface area contributed by atoms with Crippen LogP contribution in [0.1, 0.15) is 24.6 Å². The van der Waals surface area contributed by atoms with Crippen molar-refractivity contribution < 1.29 is 5.11 Å². The fourth-order valence-corrected chi connectivity index (χ4v) is 2.92. The Hall–Kier alpha value is -0.320. The Morgan fingerprint density at radius 2 is 2.20 bits per heavy atom. The van der Waals surface area contributed by atoms with Crippen molar-refractivity contribution in [3.63, 3.8) is 0 Å². The van der Waals surface area contributed by atoms with Crippen LogP contribution in [0.15, 0.2) is 0 Å². The van der Waals surface area contributed by atoms with Crippen molar-refractivity contribution in [2.75, 3.05) is 18.0 Å². The van der Waals surface area contributed by atoms with Gasteiger partial charge in [-0.1, -0.05) is 29.9 Å². The first-order valence-corrected chi connectivity index (χ1v) is 6.41. The third kappa shape index (κ3) is 2.44. The van der Waals surface area contributed by atoms with Gasteiger partial charge in [-0.05, 0) is 18.8 Å². The van der Waals surface area contributed by atoms with Crippen LogP contribution >= 0.6 is 22.9 Å². The molecule has 1 saturated heterocycles. The first-order chi connectivity index (χ1) is 7.20. The molecule has 0 radical (unpaired) electrons. The van der Waals surface area contributed by atoms with Gasteiger partial charge in [0.2, 0.25) is 0 Å². The van der Waals surface area contributed by atoms with E-state index in [9.17, 15) is 0 Å². The van der Waals surface area contributed by atoms with E-state index in [0.717, 1.165) is 29.0 Å². The third-order valence-electron chi connectivity index (χ3n) is 2.84. The normalized spacial score (nSPS) is 18.5. The molecule has 2 rings (SSSR count). The number of halogens is 1. The Labute approximate surface area is 98.7 Å². The van der Waals surface area contributed by atoms with Gasteiger partial charge in [-0.2, -0.15) is 0 Å². The van der Waals surface area contributed by atoms with Gasteiger partial charge in [0.05, 0.1) is 11.5 Å². The molecule has 1 aliphatic rings. The molecule has 3 nitrogen and oxygen atoms in total. The van der Waals surface area contributed by atoms with Crippen LogP contribution in [0.25, 0.3) is 0 Å². The monoisotopic (exact) mass is 246 g/mol. The van der Waals surface area contributed by atoms with Crippen molar-refractivity contribution in [1.29, 1.82) is 0 Å². The Morgan fingerprint density at radius 3 is 2.73 bits per heavy atom. The highest BCUT2D eigenvalue weighted by molar-refractivity contribution is 7.16. The van der Waals surface area contributed by atoms with Crippen LogP contribution in [0.4, 0.5) is 5.13 Å². The van der Waals surface area contributed by atoms with E-state index in [1.165, 1.54) is 24.2 Å². The number of aliphatic hydroxyl groups is 1. The fraction of sp³-hybridized carbons (Fsp3) is 0.700. The lowest BCUT2D eigenvalue weighted by Crippen LogP contribution is -2.32. The number of thiazole rings is 1. The van der Waals surface area contributed by atoms with E-state index < -0.39 is 0 Å². The number of hydrogen-bond acceptors (Lipinski definition) is 4. The number of nitrogens with zero attached hydrogens (tertiary/aromatic N) is 2. The lowest BCUT2D eigenvalue weighted by molar-refractivity contribution is 0.285. The smallest absolute Gasteiger partial charge is 0.187 e. The maximum atomic E-state index is 9.04. The molecule has 0 aliphatic carbocycles. The number of piperidine rings is 1. The molecule has 5 heteroatoms. The zero-order chi connectivity index (χ0) is 10.8. The highest BCUT2D eigenvalue weighted by Crippen LogP contribution is 2.31. The molecule has 0 bridgehead atoms. The number of aromatic nitrogens is 1. The molecule has 0 spiro atoms. The molecule has 1 aromatic rings. The summed E-state index contributed by atoms with van der Waals surface area (Å²) in [6.07, 6.45) is 2.43. The highest BCUT2D eigenvalue weighted by Gasteiger charge is 2.19. The average Bonchev–Trinajstić information content (AvgIpc) is 2.61. The van der Waals surface area contributed by atoms with Crippen LogP contribution in [0.3, 0.4) is 0 Å². The van der Waals surface area contributed by atoms with Crippen molar-refractivity contribution in [3.05, 3.63) is 10.0 Å². The van der Waals surface area contributed by atoms with E-state index in [1.807, 2.05) is 0 Å². The number of aliphatic hydroxyl groups excluding tert-OH is 1. The molecule has 15 heavy (non-hydrogen) atoms. The summed E-state index contributed by atoms with van der Waals surface area (Å²) < 4.78 is 0. The minimum absolute atomic E-state index is 0.0132. The van der Waals surface area contributed by atoms with Gasteiger partial charge < -0.3 is 10.0 Å². The van der Waals surface area contributed by atoms with Gasteiger partial charge in [0, 0.05) is 13.1 Å². The number of anilines is 1. The van der Waals surface area contributed by atoms with Crippen molar-refractivity contribution in [3.8, 4) is 0 Å². The molecule has 1 N–H and O–H groups in total. The second-order valence-electron chi connectivity index (χ2n) is 4.04. The Bertz CT molecular complexity index is 334. The summed E-state index contributed by atoms with van der Waals surface area (Å²) in [6, 6.07) is 0. The van der Waals surface area contributed by atoms with Gasteiger partial charge in [-0.25, -0.2) is 4.98 Å². The largest absolute Gasteiger partial charge is 0.391 e. The Morgan fingerprint density at radius 1 is 1.53 bits per heavy atom. The van der Waals surface area contributed by atoms with Gasteiger partial charge in [-0.3, -0.25) is 0 Å². The zero-order valence-corrected chi connectivity index (χ0v) is 10.3. The van der Waals surface area contributed by atoms with Crippen molar-refractivity contribution in [2.24, 2.45) is 5.92 Å². The number of rotatable bonds is 2. The Kier molecular flexibility index (Phi) is 3.49. The zero-order valence-electron chi connectivity index (χ0n) is 8.74. The van der Waals surface area contributed by atoms with Gasteiger partial charge in [0.25, 0.3) is 0 Å². The third-order valence-corrected chi connectivity index (χ3v) is 4.36. The van der Waals surface area contributed by atoms with Crippen molar-refractivity contribution in [1.82, 2.24) is 4.98 Å². The number of hydrogen-bond donors (Lipinski definition) is 1. The first kappa shape index (κ1) is 11.2. The topological polar surface area (TPSA) is 36.4 Å². The SMILES string of the molecule is CC1CCN(c2nc(Cl)c(CO)s2)CC1. The van der Waals surface area contributed by atoms with Gasteiger partial charge >= 0.3 is 0 Å². The van der Waals surface area contributed by atoms with E-state index in [-0.39, 0.29) is 6.61 Å². The lowest BCUT2D eigenvalue weighted by Gasteiger charge is -2.29. The summed E-state index contributed by atoms with van der Waals surface area (Å²) >= 11 is 7.41. The highest BCUT2D eigenvalue weighted by atomic mass is 35.5. The van der Waals surface area contributed by atoms with E-state index in [0.29, 0.717) is 5.15 Å². The minimum atomic E-state index is -0.0132. The van der Waals surface area contributed by atoms with Gasteiger partial charge in [0.15, 0.2) is 5.13 Å². The molecule has 1 fully saturated rings. The summed E-state index contributed by atoms with van der Waals surface area (Å²) in [5.74, 6) is 0.814.